The van der Waals surface area contributed by atoms with Crippen molar-refractivity contribution in [2.75, 3.05) is 31.5 Å². The number of fused-ring (bicyclic) bond motifs is 1. The van der Waals surface area contributed by atoms with Gasteiger partial charge in [0.2, 0.25) is 5.82 Å². The molecule has 0 saturated carbocycles. The van der Waals surface area contributed by atoms with Crippen molar-refractivity contribution in [1.82, 2.24) is 30.4 Å². The highest BCUT2D eigenvalue weighted by atomic mass is 16.2. The maximum Gasteiger partial charge on any atom is 0.291 e. The highest BCUT2D eigenvalue weighted by Crippen LogP contribution is 2.24. The number of nitrogens with zero attached hydrogens (tertiary/aromatic N) is 4. The van der Waals surface area contributed by atoms with Gasteiger partial charge in [-0.1, -0.05) is 42.5 Å². The Kier molecular flexibility index (Phi) is 5.28. The molecule has 3 N–H and O–H groups in total. The summed E-state index contributed by atoms with van der Waals surface area (Å²) in [7, 11) is 0. The Hall–Kier alpha value is -3.78. The summed E-state index contributed by atoms with van der Waals surface area (Å²) in [5, 5.41) is 14.8. The minimum atomic E-state index is -0.151. The fourth-order valence-corrected chi connectivity index (χ4v) is 3.73. The topological polar surface area (TPSA) is 98.8 Å². The Morgan fingerprint density at radius 1 is 1.00 bits per heavy atom. The third-order valence-electron chi connectivity index (χ3n) is 5.31. The quantitative estimate of drug-likeness (QED) is 0.465. The molecule has 2 aromatic carbocycles. The van der Waals surface area contributed by atoms with Crippen molar-refractivity contribution in [2.45, 2.75) is 6.42 Å². The van der Waals surface area contributed by atoms with Crippen molar-refractivity contribution in [3.63, 3.8) is 0 Å². The lowest BCUT2D eigenvalue weighted by Crippen LogP contribution is -2.46. The van der Waals surface area contributed by atoms with Crippen molar-refractivity contribution < 1.29 is 4.79 Å². The molecule has 2 aromatic heterocycles. The molecule has 1 amide bonds. The lowest BCUT2D eigenvalue weighted by atomic mass is 10.1. The van der Waals surface area contributed by atoms with E-state index >= 15 is 0 Å². The van der Waals surface area contributed by atoms with E-state index in [1.54, 1.807) is 4.90 Å². The zero-order chi connectivity index (χ0) is 21.0. The van der Waals surface area contributed by atoms with Gasteiger partial charge in [-0.15, -0.1) is 0 Å². The number of amides is 1. The summed E-state index contributed by atoms with van der Waals surface area (Å²) in [6.45, 7) is 2.86. The molecule has 156 valence electrons. The molecule has 3 heterocycles. The lowest BCUT2D eigenvalue weighted by molar-refractivity contribution is 0.0724. The predicted octanol–water partition coefficient (Wildman–Crippen LogP) is 2.73. The van der Waals surface area contributed by atoms with Crippen LogP contribution in [0, 0.1) is 0 Å². The second-order valence-electron chi connectivity index (χ2n) is 7.52. The van der Waals surface area contributed by atoms with Gasteiger partial charge in [0.15, 0.2) is 5.82 Å². The number of carbonyl (C=O) groups is 1. The van der Waals surface area contributed by atoms with Crippen LogP contribution in [0.4, 0.5) is 11.6 Å². The Morgan fingerprint density at radius 2 is 1.77 bits per heavy atom. The number of para-hydroxylation sites is 1. The molecule has 8 nitrogen and oxygen atoms in total. The first-order valence-corrected chi connectivity index (χ1v) is 10.4. The molecule has 1 fully saturated rings. The molecule has 0 unspecified atom stereocenters. The number of hydrogen-bond acceptors (Lipinski definition) is 6. The molecule has 4 aromatic rings. The maximum absolute atomic E-state index is 13.0. The summed E-state index contributed by atoms with van der Waals surface area (Å²) >= 11 is 0. The Morgan fingerprint density at radius 3 is 2.61 bits per heavy atom. The van der Waals surface area contributed by atoms with Crippen LogP contribution < -0.4 is 10.6 Å². The molecule has 0 aliphatic carbocycles. The SMILES string of the molecule is O=C(c1nc(Nc2cc(Cc3ccccc3)[nH]n2)c2ccccc2n1)N1CCNCC1. The number of H-pyrrole nitrogens is 1. The third kappa shape index (κ3) is 4.24. The number of aromatic nitrogens is 4. The molecule has 1 aliphatic heterocycles. The molecule has 0 atom stereocenters. The van der Waals surface area contributed by atoms with Crippen LogP contribution in [0.3, 0.4) is 0 Å². The highest BCUT2D eigenvalue weighted by molar-refractivity contribution is 5.97. The fraction of sp³-hybridized carbons (Fsp3) is 0.217. The van der Waals surface area contributed by atoms with E-state index in [1.807, 2.05) is 48.5 Å². The largest absolute Gasteiger partial charge is 0.333 e. The molecule has 31 heavy (non-hydrogen) atoms. The zero-order valence-electron chi connectivity index (χ0n) is 17.0. The number of nitrogens with one attached hydrogen (secondary N) is 3. The Bertz CT molecular complexity index is 1200. The minimum Gasteiger partial charge on any atom is -0.333 e. The van der Waals surface area contributed by atoms with E-state index < -0.39 is 0 Å². The van der Waals surface area contributed by atoms with Crippen LogP contribution in [-0.4, -0.2) is 57.2 Å². The van der Waals surface area contributed by atoms with Gasteiger partial charge in [0.1, 0.15) is 5.82 Å². The third-order valence-corrected chi connectivity index (χ3v) is 5.31. The van der Waals surface area contributed by atoms with Gasteiger partial charge in [-0.25, -0.2) is 9.97 Å². The zero-order valence-corrected chi connectivity index (χ0v) is 17.0. The molecule has 0 spiro atoms. The van der Waals surface area contributed by atoms with E-state index in [0.29, 0.717) is 24.7 Å². The fourth-order valence-electron chi connectivity index (χ4n) is 3.73. The molecule has 0 radical (unpaired) electrons. The van der Waals surface area contributed by atoms with E-state index in [-0.39, 0.29) is 11.7 Å². The van der Waals surface area contributed by atoms with Crippen molar-refractivity contribution >= 4 is 28.4 Å². The lowest BCUT2D eigenvalue weighted by Gasteiger charge is -2.26. The van der Waals surface area contributed by atoms with Crippen LogP contribution in [0.25, 0.3) is 10.9 Å². The average molecular weight is 413 g/mol. The molecule has 5 rings (SSSR count). The van der Waals surface area contributed by atoms with E-state index in [0.717, 1.165) is 36.1 Å². The van der Waals surface area contributed by atoms with Gasteiger partial charge in [-0.3, -0.25) is 9.89 Å². The van der Waals surface area contributed by atoms with Gasteiger partial charge in [0.05, 0.1) is 5.52 Å². The smallest absolute Gasteiger partial charge is 0.291 e. The Balaban J connectivity index is 1.43. The highest BCUT2D eigenvalue weighted by Gasteiger charge is 2.22. The number of piperazine rings is 1. The first-order valence-electron chi connectivity index (χ1n) is 10.4. The van der Waals surface area contributed by atoms with Gasteiger partial charge >= 0.3 is 0 Å². The van der Waals surface area contributed by atoms with Crippen LogP contribution >= 0.6 is 0 Å². The second-order valence-corrected chi connectivity index (χ2v) is 7.52. The molecule has 0 bridgehead atoms. The van der Waals surface area contributed by atoms with E-state index in [9.17, 15) is 4.79 Å². The van der Waals surface area contributed by atoms with Crippen LogP contribution in [0.2, 0.25) is 0 Å². The summed E-state index contributed by atoms with van der Waals surface area (Å²) in [6.07, 6.45) is 0.757. The van der Waals surface area contributed by atoms with Gasteiger partial charge in [-0.2, -0.15) is 5.10 Å². The van der Waals surface area contributed by atoms with Crippen LogP contribution in [0.15, 0.2) is 60.7 Å². The van der Waals surface area contributed by atoms with Crippen molar-refractivity contribution in [2.24, 2.45) is 0 Å². The van der Waals surface area contributed by atoms with E-state index in [1.165, 1.54) is 5.56 Å². The minimum absolute atomic E-state index is 0.151. The normalized spacial score (nSPS) is 14.0. The number of anilines is 2. The molecule has 1 aliphatic rings. The summed E-state index contributed by atoms with van der Waals surface area (Å²) in [5.41, 5.74) is 2.91. The maximum atomic E-state index is 13.0. The summed E-state index contributed by atoms with van der Waals surface area (Å²) in [5.74, 6) is 1.27. The van der Waals surface area contributed by atoms with Gasteiger partial charge < -0.3 is 15.5 Å². The van der Waals surface area contributed by atoms with E-state index in [4.69, 9.17) is 0 Å². The average Bonchev–Trinajstić information content (AvgIpc) is 3.26. The number of hydrogen-bond donors (Lipinski definition) is 3. The standard InChI is InChI=1S/C23H23N7O/c31-23(30-12-10-24-11-13-30)22-25-19-9-5-4-8-18(19)21(27-22)26-20-15-17(28-29-20)14-16-6-2-1-3-7-16/h1-9,15,24H,10-14H2,(H2,25,26,27,28,29). The van der Waals surface area contributed by atoms with Gasteiger partial charge in [0.25, 0.3) is 5.91 Å². The van der Waals surface area contributed by atoms with Crippen molar-refractivity contribution in [1.29, 1.82) is 0 Å². The second kappa shape index (κ2) is 8.53. The van der Waals surface area contributed by atoms with Gasteiger partial charge in [-0.05, 0) is 17.7 Å². The summed E-state index contributed by atoms with van der Waals surface area (Å²) in [6, 6.07) is 19.8. The van der Waals surface area contributed by atoms with E-state index in [2.05, 4.69) is 42.9 Å². The number of aromatic amines is 1. The van der Waals surface area contributed by atoms with Gasteiger partial charge in [0, 0.05) is 49.7 Å². The number of benzene rings is 2. The molecule has 1 saturated heterocycles. The van der Waals surface area contributed by atoms with Crippen molar-refractivity contribution in [3.8, 4) is 0 Å². The first-order chi connectivity index (χ1) is 15.3. The molecule has 8 heteroatoms. The number of rotatable bonds is 5. The first kappa shape index (κ1) is 19.2. The predicted molar refractivity (Wildman–Crippen MR) is 119 cm³/mol. The van der Waals surface area contributed by atoms with Crippen LogP contribution in [0.5, 0.6) is 0 Å². The Labute approximate surface area is 179 Å². The monoisotopic (exact) mass is 413 g/mol. The summed E-state index contributed by atoms with van der Waals surface area (Å²) in [4.78, 5) is 23.9. The molecular weight excluding hydrogens is 390 g/mol. The van der Waals surface area contributed by atoms with Crippen LogP contribution in [0.1, 0.15) is 21.9 Å². The van der Waals surface area contributed by atoms with Crippen LogP contribution in [-0.2, 0) is 6.42 Å². The molecular formula is C23H23N7O. The van der Waals surface area contributed by atoms with Crippen molar-refractivity contribution in [3.05, 3.63) is 77.7 Å². The number of carbonyl (C=O) groups excluding carboxylic acids is 1. The summed E-state index contributed by atoms with van der Waals surface area (Å²) < 4.78 is 0.